The number of carbonyl (C=O) groups is 1. The molecule has 0 radical (unpaired) electrons. The van der Waals surface area contributed by atoms with Gasteiger partial charge < -0.3 is 29.5 Å². The van der Waals surface area contributed by atoms with E-state index in [0.717, 1.165) is 10.0 Å². The molecular formula is C22H26Cl2N6O7. The molecular weight excluding hydrogens is 531 g/mol. The topological polar surface area (TPSA) is 172 Å². The number of ether oxygens (including phenoxy) is 3. The van der Waals surface area contributed by atoms with Crippen LogP contribution in [0.25, 0.3) is 0 Å². The van der Waals surface area contributed by atoms with Crippen molar-refractivity contribution in [1.29, 1.82) is 5.26 Å². The Morgan fingerprint density at radius 1 is 1.22 bits per heavy atom. The lowest BCUT2D eigenvalue weighted by atomic mass is 10.00. The molecule has 2 heterocycles. The number of hydrogen-bond acceptors (Lipinski definition) is 13. The molecule has 0 spiro atoms. The third-order valence-corrected chi connectivity index (χ3v) is 5.76. The molecule has 15 heteroatoms. The number of nitrogens with one attached hydrogen (secondary N) is 1. The fourth-order valence-electron chi connectivity index (χ4n) is 3.39. The van der Waals surface area contributed by atoms with Crippen LogP contribution in [-0.2, 0) is 9.47 Å². The van der Waals surface area contributed by atoms with Crippen LogP contribution >= 0.6 is 23.2 Å². The highest BCUT2D eigenvalue weighted by Gasteiger charge is 2.33. The van der Waals surface area contributed by atoms with E-state index >= 15 is 0 Å². The summed E-state index contributed by atoms with van der Waals surface area (Å²) < 4.78 is 15.8. The number of hydrogen-bond donors (Lipinski definition) is 4. The number of aliphatic hydroxyl groups excluding tert-OH is 3. The fourth-order valence-corrected chi connectivity index (χ4v) is 3.94. The minimum atomic E-state index is -1.47. The Kier molecular flexibility index (Phi) is 9.19. The van der Waals surface area contributed by atoms with Gasteiger partial charge in [-0.15, -0.1) is 5.10 Å². The molecule has 200 valence electrons. The Balaban J connectivity index is 1.92. The first-order valence-corrected chi connectivity index (χ1v) is 11.9. The molecule has 0 saturated heterocycles. The van der Waals surface area contributed by atoms with Crippen LogP contribution in [0.2, 0.25) is 10.0 Å². The van der Waals surface area contributed by atoms with Gasteiger partial charge in [-0.05, 0) is 37.5 Å². The minimum Gasteiger partial charge on any atom is -0.435 e. The monoisotopic (exact) mass is 556 g/mol. The zero-order valence-electron chi connectivity index (χ0n) is 20.3. The number of rotatable bonds is 6. The molecule has 2 aliphatic rings. The molecule has 4 unspecified atom stereocenters. The van der Waals surface area contributed by atoms with Gasteiger partial charge in [0.2, 0.25) is 12.2 Å². The predicted molar refractivity (Wildman–Crippen MR) is 134 cm³/mol. The second kappa shape index (κ2) is 12.0. The summed E-state index contributed by atoms with van der Waals surface area (Å²) in [6.07, 6.45) is -4.54. The zero-order valence-corrected chi connectivity index (χ0v) is 21.8. The van der Waals surface area contributed by atoms with Gasteiger partial charge in [-0.1, -0.05) is 37.0 Å². The lowest BCUT2D eigenvalue weighted by Gasteiger charge is -2.35. The Bertz CT molecular complexity index is 1150. The van der Waals surface area contributed by atoms with E-state index in [1.165, 1.54) is 25.1 Å². The summed E-state index contributed by atoms with van der Waals surface area (Å²) in [6.45, 7) is 6.96. The summed E-state index contributed by atoms with van der Waals surface area (Å²) in [5.41, 5.74) is 0.436. The first-order valence-electron chi connectivity index (χ1n) is 11.1. The van der Waals surface area contributed by atoms with E-state index in [4.69, 9.17) is 42.7 Å². The molecule has 0 aliphatic carbocycles. The van der Waals surface area contributed by atoms with Crippen molar-refractivity contribution in [1.82, 2.24) is 10.3 Å². The molecule has 1 aromatic carbocycles. The highest BCUT2D eigenvalue weighted by Crippen LogP contribution is 2.39. The number of halogens is 2. The van der Waals surface area contributed by atoms with Gasteiger partial charge in [0, 0.05) is 6.08 Å². The Morgan fingerprint density at radius 2 is 1.86 bits per heavy atom. The summed E-state index contributed by atoms with van der Waals surface area (Å²) in [6, 6.07) is 4.47. The van der Waals surface area contributed by atoms with Gasteiger partial charge in [-0.25, -0.2) is 20.1 Å². The van der Waals surface area contributed by atoms with Crippen LogP contribution in [0.15, 0.2) is 34.0 Å². The second-order valence-corrected chi connectivity index (χ2v) is 8.93. The molecule has 4 atom stereocenters. The van der Waals surface area contributed by atoms with Crippen molar-refractivity contribution < 1.29 is 34.3 Å². The van der Waals surface area contributed by atoms with Crippen LogP contribution < -0.4 is 15.1 Å². The van der Waals surface area contributed by atoms with E-state index < -0.39 is 31.2 Å². The van der Waals surface area contributed by atoms with Crippen molar-refractivity contribution >= 4 is 46.7 Å². The molecule has 0 fully saturated rings. The van der Waals surface area contributed by atoms with E-state index in [9.17, 15) is 20.1 Å². The normalized spacial score (nSPS) is 22.5. The molecule has 0 aromatic heterocycles. The Morgan fingerprint density at radius 3 is 2.43 bits per heavy atom. The van der Waals surface area contributed by atoms with Gasteiger partial charge in [-0.2, -0.15) is 10.4 Å². The number of carbonyl (C=O) groups excluding carboxylic acids is 1. The smallest absolute Gasteiger partial charge is 0.435 e. The average molecular weight is 557 g/mol. The van der Waals surface area contributed by atoms with Gasteiger partial charge in [0.25, 0.3) is 0 Å². The SMILES string of the molecule is CCOC(=O)OC(C)N1N=C(Oc2c(Cl)cc(N3N=C(C#N)C(O)NC3O)cc2Cl)C=C(C(C)C)C1O. The van der Waals surface area contributed by atoms with Crippen LogP contribution in [0.1, 0.15) is 27.7 Å². The van der Waals surface area contributed by atoms with Crippen LogP contribution in [0.4, 0.5) is 10.5 Å². The predicted octanol–water partition coefficient (Wildman–Crippen LogP) is 2.30. The number of benzene rings is 1. The molecule has 3 rings (SSSR count). The quantitative estimate of drug-likeness (QED) is 0.378. The second-order valence-electron chi connectivity index (χ2n) is 8.12. The highest BCUT2D eigenvalue weighted by atomic mass is 35.5. The van der Waals surface area contributed by atoms with Crippen LogP contribution in [-0.4, -0.2) is 69.7 Å². The van der Waals surface area contributed by atoms with E-state index in [0.29, 0.717) is 5.57 Å². The van der Waals surface area contributed by atoms with Gasteiger partial charge >= 0.3 is 6.16 Å². The summed E-state index contributed by atoms with van der Waals surface area (Å²) in [4.78, 5) is 11.8. The Hall–Kier alpha value is -3.12. The highest BCUT2D eigenvalue weighted by molar-refractivity contribution is 6.38. The van der Waals surface area contributed by atoms with Crippen molar-refractivity contribution in [3.8, 4) is 11.8 Å². The maximum Gasteiger partial charge on any atom is 0.510 e. The van der Waals surface area contributed by atoms with Crippen LogP contribution in [0.3, 0.4) is 0 Å². The number of anilines is 1. The van der Waals surface area contributed by atoms with Gasteiger partial charge in [-0.3, -0.25) is 0 Å². The molecule has 2 aliphatic heterocycles. The van der Waals surface area contributed by atoms with Crippen molar-refractivity contribution in [2.24, 2.45) is 16.1 Å². The molecule has 13 nitrogen and oxygen atoms in total. The van der Waals surface area contributed by atoms with Crippen LogP contribution in [0, 0.1) is 17.2 Å². The number of nitrogens with zero attached hydrogens (tertiary/aromatic N) is 5. The lowest BCUT2D eigenvalue weighted by molar-refractivity contribution is -0.0995. The van der Waals surface area contributed by atoms with Gasteiger partial charge in [0.1, 0.15) is 6.07 Å². The van der Waals surface area contributed by atoms with E-state index in [1.54, 1.807) is 13.0 Å². The third kappa shape index (κ3) is 6.42. The first kappa shape index (κ1) is 28.5. The lowest BCUT2D eigenvalue weighted by Crippen LogP contribution is -2.55. The Labute approximate surface area is 222 Å². The number of hydrazone groups is 2. The molecule has 0 saturated carbocycles. The van der Waals surface area contributed by atoms with E-state index in [1.807, 2.05) is 13.8 Å². The van der Waals surface area contributed by atoms with Crippen LogP contribution in [0.5, 0.6) is 5.75 Å². The summed E-state index contributed by atoms with van der Waals surface area (Å²) in [7, 11) is 0. The number of nitriles is 1. The van der Waals surface area contributed by atoms with Gasteiger partial charge in [0.05, 0.1) is 22.3 Å². The van der Waals surface area contributed by atoms with Gasteiger partial charge in [0.15, 0.2) is 30.1 Å². The van der Waals surface area contributed by atoms with E-state index in [-0.39, 0.29) is 45.6 Å². The maximum absolute atomic E-state index is 11.8. The third-order valence-electron chi connectivity index (χ3n) is 5.20. The summed E-state index contributed by atoms with van der Waals surface area (Å²) in [5.74, 6) is -0.132. The minimum absolute atomic E-state index is 0.00237. The van der Waals surface area contributed by atoms with Crippen molar-refractivity contribution in [2.45, 2.75) is 52.7 Å². The van der Waals surface area contributed by atoms with Crippen molar-refractivity contribution in [2.75, 3.05) is 11.6 Å². The maximum atomic E-state index is 11.8. The standard InChI is InChI=1S/C22H26Cl2N6O7/c1-5-35-22(34)36-11(4)29-20(32)13(10(2)3)8-17(28-29)37-18-14(23)6-12(7-15(18)24)30-21(33)26-19(31)16(9-25)27-30/h6-8,10-11,19-21,26,31-33H,5H2,1-4H3. The number of aliphatic hydroxyl groups is 3. The zero-order chi connectivity index (χ0) is 27.4. The first-order chi connectivity index (χ1) is 17.5. The molecule has 37 heavy (non-hydrogen) atoms. The summed E-state index contributed by atoms with van der Waals surface area (Å²) in [5, 5.41) is 52.6. The molecule has 4 N–H and O–H groups in total. The summed E-state index contributed by atoms with van der Waals surface area (Å²) >= 11 is 12.8. The van der Waals surface area contributed by atoms with E-state index in [2.05, 4.69) is 15.5 Å². The fraction of sp³-hybridized carbons (Fsp3) is 0.455. The van der Waals surface area contributed by atoms with Crippen molar-refractivity contribution in [3.63, 3.8) is 0 Å². The van der Waals surface area contributed by atoms with Crippen molar-refractivity contribution in [3.05, 3.63) is 33.8 Å². The molecule has 0 bridgehead atoms. The molecule has 1 aromatic rings. The molecule has 0 amide bonds. The average Bonchev–Trinajstić information content (AvgIpc) is 2.82. The largest absolute Gasteiger partial charge is 0.510 e.